The smallest absolute Gasteiger partial charge is 0.391 e. The maximum atomic E-state index is 12.2. The van der Waals surface area contributed by atoms with Gasteiger partial charge in [0.25, 0.3) is 0 Å². The molecule has 0 spiro atoms. The van der Waals surface area contributed by atoms with Gasteiger partial charge in [-0.25, -0.2) is 0 Å². The highest BCUT2D eigenvalue weighted by Gasteiger charge is 2.30. The third kappa shape index (κ3) is 4.14. The minimum Gasteiger partial charge on any atom is -0.391 e. The summed E-state index contributed by atoms with van der Waals surface area (Å²) in [7, 11) is 0. The lowest BCUT2D eigenvalue weighted by molar-refractivity contribution is -0.0328. The van der Waals surface area contributed by atoms with Gasteiger partial charge in [0.2, 0.25) is 0 Å². The van der Waals surface area contributed by atoms with Gasteiger partial charge in [-0.15, -0.1) is 0 Å². The lowest BCUT2D eigenvalue weighted by Gasteiger charge is -2.24. The summed E-state index contributed by atoms with van der Waals surface area (Å²) in [6.45, 7) is 0. The fourth-order valence-corrected chi connectivity index (χ4v) is 3.22. The molecule has 112 valence electrons. The summed E-state index contributed by atoms with van der Waals surface area (Å²) in [6, 6.07) is 5.39. The molecule has 1 aromatic carbocycles. The van der Waals surface area contributed by atoms with Crippen LogP contribution in [-0.4, -0.2) is 16.7 Å². The van der Waals surface area contributed by atoms with Crippen molar-refractivity contribution in [1.82, 2.24) is 0 Å². The van der Waals surface area contributed by atoms with Crippen LogP contribution in [0.4, 0.5) is 13.2 Å². The van der Waals surface area contributed by atoms with E-state index in [1.807, 2.05) is 0 Å². The lowest BCUT2D eigenvalue weighted by atomic mass is 9.91. The molecule has 3 N–H and O–H groups in total. The highest BCUT2D eigenvalue weighted by atomic mass is 32.2. The minimum absolute atomic E-state index is 0.129. The third-order valence-corrected chi connectivity index (χ3v) is 4.49. The Morgan fingerprint density at radius 1 is 1.15 bits per heavy atom. The monoisotopic (exact) mass is 305 g/mol. The molecule has 1 fully saturated rings. The van der Waals surface area contributed by atoms with E-state index in [0.717, 1.165) is 25.7 Å². The van der Waals surface area contributed by atoms with Gasteiger partial charge in [-0.2, -0.15) is 13.2 Å². The molecule has 2 nitrogen and oxygen atoms in total. The molecule has 1 aliphatic rings. The molecule has 0 bridgehead atoms. The van der Waals surface area contributed by atoms with Gasteiger partial charge in [0.15, 0.2) is 0 Å². The zero-order valence-electron chi connectivity index (χ0n) is 10.9. The van der Waals surface area contributed by atoms with Crippen LogP contribution in [0.25, 0.3) is 0 Å². The first kappa shape index (κ1) is 15.7. The average molecular weight is 305 g/mol. The Bertz CT molecular complexity index is 429. The predicted molar refractivity (Wildman–Crippen MR) is 73.2 cm³/mol. The predicted octanol–water partition coefficient (Wildman–Crippen LogP) is 3.85. The second kappa shape index (κ2) is 6.37. The zero-order chi connectivity index (χ0) is 14.8. The molecule has 2 rings (SSSR count). The fourth-order valence-electron chi connectivity index (χ4n) is 2.68. The normalized spacial score (nSPS) is 20.1. The molecule has 0 saturated heterocycles. The molecule has 0 unspecified atom stereocenters. The molecule has 6 heteroatoms. The molecule has 0 radical (unpaired) electrons. The van der Waals surface area contributed by atoms with Crippen molar-refractivity contribution in [2.45, 2.75) is 48.2 Å². The van der Waals surface area contributed by atoms with E-state index in [-0.39, 0.29) is 22.6 Å². The van der Waals surface area contributed by atoms with E-state index in [9.17, 15) is 18.3 Å². The molecule has 1 aromatic rings. The van der Waals surface area contributed by atoms with Gasteiger partial charge in [-0.05, 0) is 48.2 Å². The molecular weight excluding hydrogens is 287 g/mol. The fraction of sp³-hybridized carbons (Fsp3) is 0.571. The van der Waals surface area contributed by atoms with Crippen molar-refractivity contribution >= 4 is 11.8 Å². The van der Waals surface area contributed by atoms with E-state index in [2.05, 4.69) is 0 Å². The second-order valence-electron chi connectivity index (χ2n) is 5.18. The highest BCUT2D eigenvalue weighted by molar-refractivity contribution is 8.00. The number of halogens is 3. The summed E-state index contributed by atoms with van der Waals surface area (Å²) < 4.78 is 36.7. The van der Waals surface area contributed by atoms with Gasteiger partial charge in [-0.3, -0.25) is 0 Å². The number of thioether (sulfide) groups is 1. The number of hydrogen-bond donors (Lipinski definition) is 2. The Morgan fingerprint density at radius 3 is 2.20 bits per heavy atom. The van der Waals surface area contributed by atoms with E-state index in [1.54, 1.807) is 12.1 Å². The molecule has 1 saturated carbocycles. The van der Waals surface area contributed by atoms with Gasteiger partial charge < -0.3 is 10.8 Å². The number of alkyl halides is 3. The van der Waals surface area contributed by atoms with Crippen molar-refractivity contribution in [3.63, 3.8) is 0 Å². The number of hydrogen-bond acceptors (Lipinski definition) is 3. The number of aliphatic hydroxyl groups excluding tert-OH is 1. The van der Waals surface area contributed by atoms with Crippen LogP contribution < -0.4 is 5.73 Å². The van der Waals surface area contributed by atoms with Crippen molar-refractivity contribution in [2.24, 2.45) is 11.7 Å². The van der Waals surface area contributed by atoms with Crippen LogP contribution in [0.2, 0.25) is 0 Å². The van der Waals surface area contributed by atoms with Crippen LogP contribution in [0.3, 0.4) is 0 Å². The van der Waals surface area contributed by atoms with Crippen LogP contribution in [0.1, 0.15) is 37.3 Å². The summed E-state index contributed by atoms with van der Waals surface area (Å²) in [5, 5.41) is 10.2. The SMILES string of the molecule is N[C@H](c1ccc(SC(F)(F)F)cc1)[C@@H](O)C1CCCC1. The summed E-state index contributed by atoms with van der Waals surface area (Å²) in [5.41, 5.74) is 2.41. The van der Waals surface area contributed by atoms with E-state index in [4.69, 9.17) is 5.73 Å². The first-order chi connectivity index (χ1) is 9.37. The largest absolute Gasteiger partial charge is 0.446 e. The van der Waals surface area contributed by atoms with Crippen LogP contribution in [0, 0.1) is 5.92 Å². The summed E-state index contributed by atoms with van der Waals surface area (Å²) >= 11 is -0.148. The van der Waals surface area contributed by atoms with Crippen LogP contribution in [-0.2, 0) is 0 Å². The Labute approximate surface area is 120 Å². The third-order valence-electron chi connectivity index (χ3n) is 3.75. The summed E-state index contributed by atoms with van der Waals surface area (Å²) in [4.78, 5) is 0.129. The Kier molecular flexibility index (Phi) is 4.99. The van der Waals surface area contributed by atoms with E-state index in [0.29, 0.717) is 5.56 Å². The standard InChI is InChI=1S/C14H18F3NOS/c15-14(16,17)20-11-7-5-9(6-8-11)12(18)13(19)10-3-1-2-4-10/h5-8,10,12-13,19H,1-4,18H2/t12-,13+/m1/s1. The van der Waals surface area contributed by atoms with Crippen molar-refractivity contribution in [3.05, 3.63) is 29.8 Å². The topological polar surface area (TPSA) is 46.2 Å². The summed E-state index contributed by atoms with van der Waals surface area (Å²) in [5.74, 6) is 0.203. The molecule has 0 heterocycles. The van der Waals surface area contributed by atoms with Gasteiger partial charge in [0.05, 0.1) is 12.1 Å². The zero-order valence-corrected chi connectivity index (χ0v) is 11.8. The molecule has 0 amide bonds. The molecule has 0 aromatic heterocycles. The average Bonchev–Trinajstić information content (AvgIpc) is 2.90. The first-order valence-electron chi connectivity index (χ1n) is 6.66. The second-order valence-corrected chi connectivity index (χ2v) is 6.32. The van der Waals surface area contributed by atoms with E-state index < -0.39 is 17.7 Å². The molecule has 1 aliphatic carbocycles. The maximum Gasteiger partial charge on any atom is 0.446 e. The molecular formula is C14H18F3NOS. The van der Waals surface area contributed by atoms with E-state index >= 15 is 0 Å². The van der Waals surface area contributed by atoms with Gasteiger partial charge in [-0.1, -0.05) is 25.0 Å². The Balaban J connectivity index is 2.01. The Hall–Kier alpha value is -0.720. The number of benzene rings is 1. The van der Waals surface area contributed by atoms with Crippen molar-refractivity contribution < 1.29 is 18.3 Å². The number of nitrogens with two attached hydrogens (primary N) is 1. The molecule has 0 aliphatic heterocycles. The van der Waals surface area contributed by atoms with Crippen molar-refractivity contribution in [3.8, 4) is 0 Å². The maximum absolute atomic E-state index is 12.2. The van der Waals surface area contributed by atoms with Crippen LogP contribution in [0.5, 0.6) is 0 Å². The molecule has 2 atom stereocenters. The van der Waals surface area contributed by atoms with E-state index in [1.165, 1.54) is 12.1 Å². The number of aliphatic hydroxyl groups is 1. The lowest BCUT2D eigenvalue weighted by Crippen LogP contribution is -2.31. The quantitative estimate of drug-likeness (QED) is 0.831. The minimum atomic E-state index is -4.28. The Morgan fingerprint density at radius 2 is 1.70 bits per heavy atom. The highest BCUT2D eigenvalue weighted by Crippen LogP contribution is 2.37. The van der Waals surface area contributed by atoms with Crippen molar-refractivity contribution in [2.75, 3.05) is 0 Å². The van der Waals surface area contributed by atoms with Crippen molar-refractivity contribution in [1.29, 1.82) is 0 Å². The first-order valence-corrected chi connectivity index (χ1v) is 7.48. The number of rotatable bonds is 4. The van der Waals surface area contributed by atoms with Crippen LogP contribution >= 0.6 is 11.8 Å². The molecule has 20 heavy (non-hydrogen) atoms. The van der Waals surface area contributed by atoms with Crippen LogP contribution in [0.15, 0.2) is 29.2 Å². The summed E-state index contributed by atoms with van der Waals surface area (Å²) in [6.07, 6.45) is 3.53. The van der Waals surface area contributed by atoms with Gasteiger partial charge in [0, 0.05) is 4.90 Å². The van der Waals surface area contributed by atoms with Gasteiger partial charge in [0.1, 0.15) is 0 Å². The van der Waals surface area contributed by atoms with Gasteiger partial charge >= 0.3 is 5.51 Å².